The second-order valence-electron chi connectivity index (χ2n) is 5.61. The molecule has 1 aromatic carbocycles. The Labute approximate surface area is 136 Å². The zero-order valence-electron chi connectivity index (χ0n) is 12.6. The Hall–Kier alpha value is -1.02. The van der Waals surface area contributed by atoms with Crippen molar-refractivity contribution in [3.05, 3.63) is 17.2 Å². The normalized spacial score (nSPS) is 15.9. The quantitative estimate of drug-likeness (QED) is 0.817. The average molecular weight is 349 g/mol. The van der Waals surface area contributed by atoms with Crippen molar-refractivity contribution in [1.82, 2.24) is 4.72 Å². The number of nitrogens with two attached hydrogens (primary N) is 1. The summed E-state index contributed by atoms with van der Waals surface area (Å²) in [5.74, 6) is 1.16. The van der Waals surface area contributed by atoms with Gasteiger partial charge in [-0.3, -0.25) is 0 Å². The van der Waals surface area contributed by atoms with Gasteiger partial charge in [-0.05, 0) is 12.3 Å². The average Bonchev–Trinajstić information content (AvgIpc) is 2.44. The standard InChI is InChI=1S/C14H21ClN2O4S/c1-9(2)5-10(8-16)17-22(18,19)14-7-13-12(6-11(14)15)20-3-4-21-13/h6-7,9-10,17H,3-5,8,16H2,1-2H3. The van der Waals surface area contributed by atoms with Gasteiger partial charge in [0.1, 0.15) is 18.1 Å². The zero-order chi connectivity index (χ0) is 16.3. The van der Waals surface area contributed by atoms with Crippen LogP contribution < -0.4 is 19.9 Å². The maximum atomic E-state index is 12.5. The number of sulfonamides is 1. The topological polar surface area (TPSA) is 90.7 Å². The highest BCUT2D eigenvalue weighted by molar-refractivity contribution is 7.89. The maximum Gasteiger partial charge on any atom is 0.242 e. The lowest BCUT2D eigenvalue weighted by Gasteiger charge is -2.22. The molecule has 8 heteroatoms. The summed E-state index contributed by atoms with van der Waals surface area (Å²) >= 11 is 6.09. The van der Waals surface area contributed by atoms with Gasteiger partial charge in [0, 0.05) is 24.7 Å². The molecule has 2 rings (SSSR count). The van der Waals surface area contributed by atoms with E-state index in [1.54, 1.807) is 0 Å². The second-order valence-corrected chi connectivity index (χ2v) is 7.70. The van der Waals surface area contributed by atoms with E-state index in [0.717, 1.165) is 0 Å². The molecule has 1 aliphatic heterocycles. The summed E-state index contributed by atoms with van der Waals surface area (Å²) in [6, 6.07) is 2.52. The maximum absolute atomic E-state index is 12.5. The highest BCUT2D eigenvalue weighted by Crippen LogP contribution is 2.37. The number of rotatable bonds is 6. The number of hydrogen-bond acceptors (Lipinski definition) is 5. The van der Waals surface area contributed by atoms with Crippen molar-refractivity contribution >= 4 is 21.6 Å². The van der Waals surface area contributed by atoms with Crippen LogP contribution in [0.1, 0.15) is 20.3 Å². The monoisotopic (exact) mass is 348 g/mol. The molecule has 0 aliphatic carbocycles. The van der Waals surface area contributed by atoms with Crippen LogP contribution in [-0.2, 0) is 10.0 Å². The molecule has 124 valence electrons. The molecule has 0 spiro atoms. The highest BCUT2D eigenvalue weighted by atomic mass is 35.5. The summed E-state index contributed by atoms with van der Waals surface area (Å²) in [5, 5.41) is 0.0945. The van der Waals surface area contributed by atoms with Crippen molar-refractivity contribution in [1.29, 1.82) is 0 Å². The van der Waals surface area contributed by atoms with Crippen LogP contribution in [0.15, 0.2) is 17.0 Å². The smallest absolute Gasteiger partial charge is 0.242 e. The molecule has 0 fully saturated rings. The summed E-state index contributed by atoms with van der Waals surface area (Å²) in [7, 11) is -3.78. The minimum atomic E-state index is -3.78. The van der Waals surface area contributed by atoms with E-state index in [-0.39, 0.29) is 22.5 Å². The Morgan fingerprint density at radius 3 is 2.41 bits per heavy atom. The molecule has 0 bridgehead atoms. The first kappa shape index (κ1) is 17.3. The Morgan fingerprint density at radius 1 is 1.27 bits per heavy atom. The van der Waals surface area contributed by atoms with Gasteiger partial charge < -0.3 is 15.2 Å². The molecule has 0 aromatic heterocycles. The van der Waals surface area contributed by atoms with Crippen molar-refractivity contribution in [2.75, 3.05) is 19.8 Å². The Morgan fingerprint density at radius 2 is 1.86 bits per heavy atom. The van der Waals surface area contributed by atoms with Gasteiger partial charge in [-0.1, -0.05) is 25.4 Å². The predicted octanol–water partition coefficient (Wildman–Crippen LogP) is 1.76. The molecule has 0 saturated heterocycles. The number of ether oxygens (including phenoxy) is 2. The Bertz CT molecular complexity index is 634. The van der Waals surface area contributed by atoms with Gasteiger partial charge in [-0.25, -0.2) is 13.1 Å². The van der Waals surface area contributed by atoms with Gasteiger partial charge in [0.25, 0.3) is 0 Å². The Balaban J connectivity index is 2.29. The lowest BCUT2D eigenvalue weighted by atomic mass is 10.1. The third-order valence-corrected chi connectivity index (χ3v) is 5.23. The molecule has 0 saturated carbocycles. The summed E-state index contributed by atoms with van der Waals surface area (Å²) in [6.07, 6.45) is 0.651. The summed E-state index contributed by atoms with van der Waals surface area (Å²) in [4.78, 5) is -0.0272. The fourth-order valence-corrected chi connectivity index (χ4v) is 4.09. The SMILES string of the molecule is CC(C)CC(CN)NS(=O)(=O)c1cc2c(cc1Cl)OCCO2. The number of halogens is 1. The van der Waals surface area contributed by atoms with E-state index in [4.69, 9.17) is 26.8 Å². The van der Waals surface area contributed by atoms with Crippen LogP contribution in [0.25, 0.3) is 0 Å². The summed E-state index contributed by atoms with van der Waals surface area (Å²) in [6.45, 7) is 5.03. The lowest BCUT2D eigenvalue weighted by Crippen LogP contribution is -2.41. The van der Waals surface area contributed by atoms with Crippen molar-refractivity contribution < 1.29 is 17.9 Å². The van der Waals surface area contributed by atoms with E-state index in [0.29, 0.717) is 37.1 Å². The molecule has 1 aromatic rings. The molecule has 22 heavy (non-hydrogen) atoms. The third kappa shape index (κ3) is 4.04. The molecular weight excluding hydrogens is 328 g/mol. The van der Waals surface area contributed by atoms with Crippen LogP contribution in [0.4, 0.5) is 0 Å². The van der Waals surface area contributed by atoms with Crippen LogP contribution in [0.3, 0.4) is 0 Å². The van der Waals surface area contributed by atoms with E-state index >= 15 is 0 Å². The zero-order valence-corrected chi connectivity index (χ0v) is 14.2. The molecule has 3 N–H and O–H groups in total. The van der Waals surface area contributed by atoms with E-state index in [2.05, 4.69) is 4.72 Å². The molecule has 0 amide bonds. The largest absolute Gasteiger partial charge is 0.486 e. The number of fused-ring (bicyclic) bond motifs is 1. The molecule has 1 heterocycles. The van der Waals surface area contributed by atoms with E-state index in [1.165, 1.54) is 12.1 Å². The van der Waals surface area contributed by atoms with Gasteiger partial charge in [-0.2, -0.15) is 0 Å². The van der Waals surface area contributed by atoms with Crippen LogP contribution >= 0.6 is 11.6 Å². The van der Waals surface area contributed by atoms with E-state index in [9.17, 15) is 8.42 Å². The molecular formula is C14H21ClN2O4S. The van der Waals surface area contributed by atoms with Gasteiger partial charge in [0.2, 0.25) is 10.0 Å². The van der Waals surface area contributed by atoms with Gasteiger partial charge in [0.15, 0.2) is 11.5 Å². The highest BCUT2D eigenvalue weighted by Gasteiger charge is 2.25. The third-order valence-electron chi connectivity index (χ3n) is 3.25. The Kier molecular flexibility index (Phi) is 5.55. The van der Waals surface area contributed by atoms with Crippen molar-refractivity contribution in [2.45, 2.75) is 31.2 Å². The van der Waals surface area contributed by atoms with Crippen molar-refractivity contribution in [3.63, 3.8) is 0 Å². The lowest BCUT2D eigenvalue weighted by molar-refractivity contribution is 0.171. The first-order chi connectivity index (χ1) is 10.3. The van der Waals surface area contributed by atoms with E-state index < -0.39 is 10.0 Å². The number of hydrogen-bond donors (Lipinski definition) is 2. The minimum Gasteiger partial charge on any atom is -0.486 e. The number of nitrogens with one attached hydrogen (secondary N) is 1. The van der Waals surface area contributed by atoms with Gasteiger partial charge >= 0.3 is 0 Å². The molecule has 1 aliphatic rings. The van der Waals surface area contributed by atoms with Crippen LogP contribution in [-0.4, -0.2) is 34.2 Å². The van der Waals surface area contributed by atoms with Crippen LogP contribution in [0, 0.1) is 5.92 Å². The molecule has 6 nitrogen and oxygen atoms in total. The van der Waals surface area contributed by atoms with Crippen molar-refractivity contribution in [2.24, 2.45) is 11.7 Å². The molecule has 1 atom stereocenters. The molecule has 1 unspecified atom stereocenters. The first-order valence-electron chi connectivity index (χ1n) is 7.15. The fourth-order valence-electron chi connectivity index (χ4n) is 2.30. The van der Waals surface area contributed by atoms with Crippen LogP contribution in [0.5, 0.6) is 11.5 Å². The minimum absolute atomic E-state index is 0.0272. The fraction of sp³-hybridized carbons (Fsp3) is 0.571. The van der Waals surface area contributed by atoms with Crippen molar-refractivity contribution in [3.8, 4) is 11.5 Å². The second kappa shape index (κ2) is 7.04. The summed E-state index contributed by atoms with van der Waals surface area (Å²) < 4.78 is 38.5. The number of benzene rings is 1. The van der Waals surface area contributed by atoms with Gasteiger partial charge in [-0.15, -0.1) is 0 Å². The predicted molar refractivity (Wildman–Crippen MR) is 85.1 cm³/mol. The van der Waals surface area contributed by atoms with Gasteiger partial charge in [0.05, 0.1) is 5.02 Å². The first-order valence-corrected chi connectivity index (χ1v) is 9.01. The van der Waals surface area contributed by atoms with E-state index in [1.807, 2.05) is 13.8 Å². The van der Waals surface area contributed by atoms with Crippen LogP contribution in [0.2, 0.25) is 5.02 Å². The molecule has 0 radical (unpaired) electrons. The summed E-state index contributed by atoms with van der Waals surface area (Å²) in [5.41, 5.74) is 5.65.